The van der Waals surface area contributed by atoms with Gasteiger partial charge in [-0.25, -0.2) is 9.97 Å². The number of phenolic OH excluding ortho intramolecular Hbond substituents is 1. The topological polar surface area (TPSA) is 87.6 Å². The summed E-state index contributed by atoms with van der Waals surface area (Å²) in [4.78, 5) is 8.69. The second-order valence-corrected chi connectivity index (χ2v) is 7.05. The van der Waals surface area contributed by atoms with Crippen molar-refractivity contribution in [1.82, 2.24) is 19.7 Å². The number of aryl methyl sites for hydroxylation is 1. The third kappa shape index (κ3) is 3.15. The predicted molar refractivity (Wildman–Crippen MR) is 94.2 cm³/mol. The molecule has 6 nitrogen and oxygen atoms in total. The minimum absolute atomic E-state index is 0.0144. The van der Waals surface area contributed by atoms with Crippen molar-refractivity contribution in [3.8, 4) is 23.1 Å². The number of phenols is 1. The van der Waals surface area contributed by atoms with Crippen LogP contribution in [0.15, 0.2) is 24.5 Å². The highest BCUT2D eigenvalue weighted by Crippen LogP contribution is 2.39. The molecule has 1 aliphatic carbocycles. The van der Waals surface area contributed by atoms with Crippen molar-refractivity contribution >= 4 is 11.2 Å². The molecule has 1 saturated carbocycles. The highest BCUT2D eigenvalue weighted by atomic mass is 19.4. The molecule has 0 unspecified atom stereocenters. The van der Waals surface area contributed by atoms with Crippen LogP contribution in [0.5, 0.6) is 5.75 Å². The molecule has 28 heavy (non-hydrogen) atoms. The Kier molecular flexibility index (Phi) is 4.22. The largest absolute Gasteiger partial charge is 0.507 e. The van der Waals surface area contributed by atoms with Crippen molar-refractivity contribution in [2.75, 3.05) is 0 Å². The average Bonchev–Trinajstić information content (AvgIpc) is 3.26. The smallest absolute Gasteiger partial charge is 0.416 e. The van der Waals surface area contributed by atoms with Gasteiger partial charge in [0.15, 0.2) is 5.65 Å². The number of hydrogen-bond donors (Lipinski definition) is 1. The zero-order valence-corrected chi connectivity index (χ0v) is 14.9. The summed E-state index contributed by atoms with van der Waals surface area (Å²) in [6.45, 7) is 1.48. The molecule has 9 heteroatoms. The quantitative estimate of drug-likeness (QED) is 0.705. The van der Waals surface area contributed by atoms with E-state index in [2.05, 4.69) is 21.1 Å². The normalized spacial score (nSPS) is 19.8. The van der Waals surface area contributed by atoms with Gasteiger partial charge >= 0.3 is 6.18 Å². The van der Waals surface area contributed by atoms with Gasteiger partial charge in [-0.3, -0.25) is 4.68 Å². The molecule has 2 atom stereocenters. The Hall–Kier alpha value is -3.15. The second-order valence-electron chi connectivity index (χ2n) is 7.05. The van der Waals surface area contributed by atoms with Gasteiger partial charge in [-0.1, -0.05) is 0 Å². The SMILES string of the molecule is Cc1cc(C(F)(F)F)cc(O)c1-c1cnc2cn([C@H]3CC[C@@H](C#N)C3)nc2n1. The first-order valence-electron chi connectivity index (χ1n) is 8.79. The maximum absolute atomic E-state index is 12.9. The Morgan fingerprint density at radius 1 is 1.29 bits per heavy atom. The molecule has 2 heterocycles. The van der Waals surface area contributed by atoms with Gasteiger partial charge in [-0.15, -0.1) is 0 Å². The fourth-order valence-electron chi connectivity index (χ4n) is 3.71. The molecule has 0 aliphatic heterocycles. The molecule has 2 aromatic heterocycles. The first-order valence-corrected chi connectivity index (χ1v) is 8.79. The summed E-state index contributed by atoms with van der Waals surface area (Å²) < 4.78 is 40.5. The van der Waals surface area contributed by atoms with E-state index in [9.17, 15) is 18.3 Å². The van der Waals surface area contributed by atoms with Crippen LogP contribution in [0.25, 0.3) is 22.4 Å². The minimum atomic E-state index is -4.54. The Labute approximate surface area is 158 Å². The van der Waals surface area contributed by atoms with Crippen LogP contribution in [0.4, 0.5) is 13.2 Å². The fourth-order valence-corrected chi connectivity index (χ4v) is 3.71. The Balaban J connectivity index is 1.72. The first kappa shape index (κ1) is 18.2. The zero-order valence-electron chi connectivity index (χ0n) is 14.9. The maximum atomic E-state index is 12.9. The van der Waals surface area contributed by atoms with Crippen molar-refractivity contribution < 1.29 is 18.3 Å². The lowest BCUT2D eigenvalue weighted by Crippen LogP contribution is -2.06. The zero-order chi connectivity index (χ0) is 20.1. The molecule has 144 valence electrons. The summed E-state index contributed by atoms with van der Waals surface area (Å²) in [7, 11) is 0. The van der Waals surface area contributed by atoms with E-state index >= 15 is 0 Å². The molecular formula is C19H16F3N5O. The molecular weight excluding hydrogens is 371 g/mol. The molecule has 0 bridgehead atoms. The van der Waals surface area contributed by atoms with Crippen molar-refractivity contribution in [3.63, 3.8) is 0 Å². The van der Waals surface area contributed by atoms with E-state index in [-0.39, 0.29) is 28.8 Å². The van der Waals surface area contributed by atoms with Crippen LogP contribution in [0.3, 0.4) is 0 Å². The van der Waals surface area contributed by atoms with E-state index < -0.39 is 17.5 Å². The van der Waals surface area contributed by atoms with Crippen molar-refractivity contribution in [2.24, 2.45) is 5.92 Å². The third-order valence-electron chi connectivity index (χ3n) is 5.11. The van der Waals surface area contributed by atoms with E-state index in [1.165, 1.54) is 13.1 Å². The van der Waals surface area contributed by atoms with E-state index in [4.69, 9.17) is 5.26 Å². The maximum Gasteiger partial charge on any atom is 0.416 e. The van der Waals surface area contributed by atoms with Crippen molar-refractivity contribution in [3.05, 3.63) is 35.7 Å². The molecule has 1 fully saturated rings. The van der Waals surface area contributed by atoms with Gasteiger partial charge < -0.3 is 5.11 Å². The van der Waals surface area contributed by atoms with Gasteiger partial charge in [0.2, 0.25) is 0 Å². The molecule has 1 N–H and O–H groups in total. The summed E-state index contributed by atoms with van der Waals surface area (Å²) in [5, 5.41) is 23.7. The molecule has 1 aromatic carbocycles. The third-order valence-corrected chi connectivity index (χ3v) is 5.11. The predicted octanol–water partition coefficient (Wildman–Crippen LogP) is 4.39. The van der Waals surface area contributed by atoms with Crippen LogP contribution in [0.1, 0.15) is 36.4 Å². The van der Waals surface area contributed by atoms with Gasteiger partial charge in [-0.05, 0) is 43.9 Å². The number of halogens is 3. The van der Waals surface area contributed by atoms with E-state index in [1.54, 1.807) is 10.9 Å². The van der Waals surface area contributed by atoms with Gasteiger partial charge in [0.05, 0.1) is 35.8 Å². The summed E-state index contributed by atoms with van der Waals surface area (Å²) in [6, 6.07) is 4.04. The van der Waals surface area contributed by atoms with E-state index in [0.717, 1.165) is 25.3 Å². The second kappa shape index (κ2) is 6.48. The number of hydrogen-bond acceptors (Lipinski definition) is 5. The van der Waals surface area contributed by atoms with Gasteiger partial charge in [-0.2, -0.15) is 23.5 Å². The van der Waals surface area contributed by atoms with Crippen LogP contribution in [0.2, 0.25) is 0 Å². The first-order chi connectivity index (χ1) is 13.3. The molecule has 0 radical (unpaired) electrons. The number of aromatic hydroxyl groups is 1. The van der Waals surface area contributed by atoms with Crippen molar-refractivity contribution in [1.29, 1.82) is 5.26 Å². The number of nitrogens with zero attached hydrogens (tertiary/aromatic N) is 5. The number of fused-ring (bicyclic) bond motifs is 1. The summed E-state index contributed by atoms with van der Waals surface area (Å²) in [5.74, 6) is -0.492. The molecule has 1 aliphatic rings. The van der Waals surface area contributed by atoms with Crippen LogP contribution >= 0.6 is 0 Å². The Bertz CT molecular complexity index is 1080. The van der Waals surface area contributed by atoms with Crippen LogP contribution in [-0.2, 0) is 6.18 Å². The summed E-state index contributed by atoms with van der Waals surface area (Å²) in [6.07, 6.45) is 1.01. The molecule has 4 rings (SSSR count). The Morgan fingerprint density at radius 3 is 2.71 bits per heavy atom. The highest BCUT2D eigenvalue weighted by Gasteiger charge is 2.32. The van der Waals surface area contributed by atoms with E-state index in [0.29, 0.717) is 17.2 Å². The summed E-state index contributed by atoms with van der Waals surface area (Å²) >= 11 is 0. The van der Waals surface area contributed by atoms with Gasteiger partial charge in [0.1, 0.15) is 11.3 Å². The van der Waals surface area contributed by atoms with Crippen LogP contribution in [-0.4, -0.2) is 24.9 Å². The molecule has 0 saturated heterocycles. The van der Waals surface area contributed by atoms with Gasteiger partial charge in [0, 0.05) is 11.5 Å². The number of nitriles is 1. The van der Waals surface area contributed by atoms with Crippen molar-refractivity contribution in [2.45, 2.75) is 38.4 Å². The van der Waals surface area contributed by atoms with Gasteiger partial charge in [0.25, 0.3) is 0 Å². The van der Waals surface area contributed by atoms with Crippen LogP contribution < -0.4 is 0 Å². The number of rotatable bonds is 2. The minimum Gasteiger partial charge on any atom is -0.507 e. The molecule has 0 spiro atoms. The number of benzene rings is 1. The number of alkyl halides is 3. The highest BCUT2D eigenvalue weighted by molar-refractivity contribution is 5.77. The Morgan fingerprint density at radius 2 is 2.07 bits per heavy atom. The number of aromatic nitrogens is 4. The lowest BCUT2D eigenvalue weighted by atomic mass is 10.0. The summed E-state index contributed by atoms with van der Waals surface area (Å²) in [5.41, 5.74) is 0.667. The molecule has 3 aromatic rings. The lowest BCUT2D eigenvalue weighted by molar-refractivity contribution is -0.137. The fraction of sp³-hybridized carbons (Fsp3) is 0.368. The standard InChI is InChI=1S/C19H16F3N5O/c1-10-4-12(19(20,21)22)6-16(28)17(10)14-8-24-15-9-27(26-18(15)25-14)13-3-2-11(5-13)7-23/h4,6,8-9,11,13,28H,2-3,5H2,1H3/t11-,13+/m1/s1. The van der Waals surface area contributed by atoms with Crippen LogP contribution in [0, 0.1) is 24.2 Å². The monoisotopic (exact) mass is 387 g/mol. The van der Waals surface area contributed by atoms with E-state index in [1.807, 2.05) is 0 Å². The average molecular weight is 387 g/mol. The lowest BCUT2D eigenvalue weighted by Gasteiger charge is -2.12. The molecule has 0 amide bonds.